The Labute approximate surface area is 81.6 Å². The van der Waals surface area contributed by atoms with Crippen LogP contribution in [0.5, 0.6) is 5.75 Å². The first-order valence-electron chi connectivity index (χ1n) is 3.33. The minimum Gasteiger partial charge on any atom is -0.496 e. The van der Waals surface area contributed by atoms with Gasteiger partial charge in [0.05, 0.1) is 12.7 Å². The predicted molar refractivity (Wildman–Crippen MR) is 51.2 cm³/mol. The molecule has 0 aliphatic carbocycles. The van der Waals surface area contributed by atoms with Crippen molar-refractivity contribution in [3.05, 3.63) is 29.6 Å². The van der Waals surface area contributed by atoms with Gasteiger partial charge in [-0.05, 0) is 12.1 Å². The molecule has 3 nitrogen and oxygen atoms in total. The monoisotopic (exact) mass is 204 g/mol. The van der Waals surface area contributed by atoms with Crippen LogP contribution in [0.4, 0.5) is 4.39 Å². The van der Waals surface area contributed by atoms with E-state index in [1.807, 2.05) is 0 Å². The maximum atomic E-state index is 13.0. The molecule has 0 heterocycles. The van der Waals surface area contributed by atoms with Gasteiger partial charge in [0, 0.05) is 0 Å². The Hall–Kier alpha value is -1.29. The van der Waals surface area contributed by atoms with E-state index in [1.54, 1.807) is 6.07 Å². The van der Waals surface area contributed by atoms with Crippen LogP contribution in [0.1, 0.15) is 5.56 Å². The van der Waals surface area contributed by atoms with E-state index >= 15 is 0 Å². The molecule has 5 heteroatoms. The number of nitrogens with two attached hydrogens (primary N) is 1. The molecular formula is C8H10ClFN2O. The van der Waals surface area contributed by atoms with Gasteiger partial charge >= 0.3 is 0 Å². The highest BCUT2D eigenvalue weighted by molar-refractivity contribution is 5.97. The van der Waals surface area contributed by atoms with E-state index in [1.165, 1.54) is 19.2 Å². The Balaban J connectivity index is 0.00000144. The van der Waals surface area contributed by atoms with Gasteiger partial charge in [0.1, 0.15) is 17.4 Å². The van der Waals surface area contributed by atoms with Gasteiger partial charge in [-0.15, -0.1) is 12.4 Å². The zero-order valence-electron chi connectivity index (χ0n) is 7.00. The zero-order chi connectivity index (χ0) is 9.14. The van der Waals surface area contributed by atoms with E-state index < -0.39 is 5.82 Å². The quantitative estimate of drug-likeness (QED) is 0.567. The second-order valence-electron chi connectivity index (χ2n) is 2.23. The highest BCUT2D eigenvalue weighted by Gasteiger charge is 2.10. The van der Waals surface area contributed by atoms with Crippen molar-refractivity contribution in [2.75, 3.05) is 7.11 Å². The van der Waals surface area contributed by atoms with Crippen LogP contribution in [-0.4, -0.2) is 12.9 Å². The lowest BCUT2D eigenvalue weighted by atomic mass is 10.2. The summed E-state index contributed by atoms with van der Waals surface area (Å²) < 4.78 is 17.8. The summed E-state index contributed by atoms with van der Waals surface area (Å²) in [5, 5.41) is 7.08. The average molecular weight is 205 g/mol. The molecule has 0 atom stereocenters. The maximum Gasteiger partial charge on any atom is 0.137 e. The van der Waals surface area contributed by atoms with Crippen LogP contribution >= 0.6 is 12.4 Å². The van der Waals surface area contributed by atoms with Crippen LogP contribution in [0.25, 0.3) is 0 Å². The number of hydrogen-bond donors (Lipinski definition) is 2. The Morgan fingerprint density at radius 2 is 2.15 bits per heavy atom. The van der Waals surface area contributed by atoms with E-state index in [9.17, 15) is 4.39 Å². The van der Waals surface area contributed by atoms with Gasteiger partial charge < -0.3 is 10.5 Å². The normalized spacial score (nSPS) is 8.77. The van der Waals surface area contributed by atoms with E-state index in [-0.39, 0.29) is 29.6 Å². The fraction of sp³-hybridized carbons (Fsp3) is 0.125. The fourth-order valence-electron chi connectivity index (χ4n) is 0.936. The molecule has 3 N–H and O–H groups in total. The standard InChI is InChI=1S/C8H9FN2O.ClH/c1-12-6-4-2-3-5(9)7(6)8(10)11;/h2-4H,1H3,(H3,10,11);1H. The summed E-state index contributed by atoms with van der Waals surface area (Å²) in [5.74, 6) is -0.589. The molecule has 1 aromatic carbocycles. The van der Waals surface area contributed by atoms with E-state index in [4.69, 9.17) is 15.9 Å². The second kappa shape index (κ2) is 4.67. The molecular weight excluding hydrogens is 195 g/mol. The summed E-state index contributed by atoms with van der Waals surface area (Å²) in [6.07, 6.45) is 0. The number of ether oxygens (including phenoxy) is 1. The van der Waals surface area contributed by atoms with Gasteiger partial charge in [-0.1, -0.05) is 6.07 Å². The Bertz CT molecular complexity index is 317. The summed E-state index contributed by atoms with van der Waals surface area (Å²) in [6.45, 7) is 0. The third-order valence-electron chi connectivity index (χ3n) is 1.46. The SMILES string of the molecule is COc1cccc(F)c1C(=N)N.Cl. The van der Waals surface area contributed by atoms with Crippen molar-refractivity contribution in [2.24, 2.45) is 5.73 Å². The Kier molecular flexibility index (Phi) is 4.20. The number of halogens is 2. The van der Waals surface area contributed by atoms with Crippen molar-refractivity contribution in [3.63, 3.8) is 0 Å². The minimum atomic E-state index is -0.540. The molecule has 0 aliphatic rings. The number of benzene rings is 1. The number of methoxy groups -OCH3 is 1. The van der Waals surface area contributed by atoms with Crippen molar-refractivity contribution in [3.8, 4) is 5.75 Å². The van der Waals surface area contributed by atoms with Crippen molar-refractivity contribution >= 4 is 18.2 Å². The minimum absolute atomic E-state index is 0. The first kappa shape index (κ1) is 11.7. The molecule has 0 spiro atoms. The predicted octanol–water partition coefficient (Wildman–Crippen LogP) is 1.54. The van der Waals surface area contributed by atoms with Crippen molar-refractivity contribution in [1.29, 1.82) is 5.41 Å². The smallest absolute Gasteiger partial charge is 0.137 e. The molecule has 0 aromatic heterocycles. The molecule has 0 bridgehead atoms. The fourth-order valence-corrected chi connectivity index (χ4v) is 0.936. The van der Waals surface area contributed by atoms with E-state index in [0.29, 0.717) is 0 Å². The average Bonchev–Trinajstić information content (AvgIpc) is 2.03. The van der Waals surface area contributed by atoms with Crippen molar-refractivity contribution in [1.82, 2.24) is 0 Å². The summed E-state index contributed by atoms with van der Waals surface area (Å²) in [6, 6.07) is 4.29. The molecule has 0 unspecified atom stereocenters. The van der Waals surface area contributed by atoms with Gasteiger partial charge in [0.25, 0.3) is 0 Å². The van der Waals surface area contributed by atoms with Crippen molar-refractivity contribution in [2.45, 2.75) is 0 Å². The first-order chi connectivity index (χ1) is 5.66. The number of amidine groups is 1. The maximum absolute atomic E-state index is 13.0. The summed E-state index contributed by atoms with van der Waals surface area (Å²) in [7, 11) is 1.40. The molecule has 0 radical (unpaired) electrons. The third-order valence-corrected chi connectivity index (χ3v) is 1.46. The largest absolute Gasteiger partial charge is 0.496 e. The number of hydrogen-bond acceptors (Lipinski definition) is 2. The zero-order valence-corrected chi connectivity index (χ0v) is 7.82. The first-order valence-corrected chi connectivity index (χ1v) is 3.33. The van der Waals surface area contributed by atoms with Crippen LogP contribution in [0.15, 0.2) is 18.2 Å². The van der Waals surface area contributed by atoms with E-state index in [2.05, 4.69) is 0 Å². The summed E-state index contributed by atoms with van der Waals surface area (Å²) in [5.41, 5.74) is 5.17. The van der Waals surface area contributed by atoms with Crippen molar-refractivity contribution < 1.29 is 9.13 Å². The molecule has 0 saturated carbocycles. The van der Waals surface area contributed by atoms with Crippen LogP contribution in [0.3, 0.4) is 0 Å². The van der Waals surface area contributed by atoms with Gasteiger partial charge in [-0.3, -0.25) is 5.41 Å². The lowest BCUT2D eigenvalue weighted by Crippen LogP contribution is -2.14. The van der Waals surface area contributed by atoms with Gasteiger partial charge in [0.2, 0.25) is 0 Å². The molecule has 0 amide bonds. The number of nitrogen functional groups attached to an aromatic ring is 1. The Morgan fingerprint density at radius 3 is 2.54 bits per heavy atom. The molecule has 72 valence electrons. The number of nitrogens with one attached hydrogen (secondary N) is 1. The lowest BCUT2D eigenvalue weighted by molar-refractivity contribution is 0.410. The topological polar surface area (TPSA) is 59.1 Å². The van der Waals surface area contributed by atoms with E-state index in [0.717, 1.165) is 0 Å². The highest BCUT2D eigenvalue weighted by Crippen LogP contribution is 2.19. The molecule has 1 rings (SSSR count). The van der Waals surface area contributed by atoms with Gasteiger partial charge in [0.15, 0.2) is 0 Å². The second-order valence-corrected chi connectivity index (χ2v) is 2.23. The summed E-state index contributed by atoms with van der Waals surface area (Å²) >= 11 is 0. The molecule has 0 aliphatic heterocycles. The molecule has 1 aromatic rings. The van der Waals surface area contributed by atoms with Crippen LogP contribution in [0.2, 0.25) is 0 Å². The lowest BCUT2D eigenvalue weighted by Gasteiger charge is -2.06. The molecule has 0 fully saturated rings. The van der Waals surface area contributed by atoms with Crippen LogP contribution in [-0.2, 0) is 0 Å². The molecule has 13 heavy (non-hydrogen) atoms. The highest BCUT2D eigenvalue weighted by atomic mass is 35.5. The third kappa shape index (κ3) is 2.32. The van der Waals surface area contributed by atoms with Crippen LogP contribution < -0.4 is 10.5 Å². The van der Waals surface area contributed by atoms with Crippen LogP contribution in [0, 0.1) is 11.2 Å². The van der Waals surface area contributed by atoms with Gasteiger partial charge in [-0.25, -0.2) is 4.39 Å². The number of rotatable bonds is 2. The van der Waals surface area contributed by atoms with Gasteiger partial charge in [-0.2, -0.15) is 0 Å². The Morgan fingerprint density at radius 1 is 1.54 bits per heavy atom. The molecule has 0 saturated heterocycles. The summed E-state index contributed by atoms with van der Waals surface area (Å²) in [4.78, 5) is 0.